The molecule has 0 heterocycles. The lowest BCUT2D eigenvalue weighted by Gasteiger charge is -2.27. The first kappa shape index (κ1) is 14.7. The quantitative estimate of drug-likeness (QED) is 0.736. The van der Waals surface area contributed by atoms with Gasteiger partial charge in [-0.05, 0) is 43.2 Å². The summed E-state index contributed by atoms with van der Waals surface area (Å²) < 4.78 is 0. The predicted octanol–water partition coefficient (Wildman–Crippen LogP) is 3.71. The van der Waals surface area contributed by atoms with Crippen molar-refractivity contribution in [2.24, 2.45) is 0 Å². The van der Waals surface area contributed by atoms with Crippen LogP contribution in [0.15, 0.2) is 0 Å². The van der Waals surface area contributed by atoms with Gasteiger partial charge in [-0.25, -0.2) is 4.79 Å². The van der Waals surface area contributed by atoms with Crippen LogP contribution in [0.3, 0.4) is 0 Å². The number of aromatic hydroxyl groups is 2. The van der Waals surface area contributed by atoms with Crippen LogP contribution in [-0.2, 0) is 6.42 Å². The van der Waals surface area contributed by atoms with Crippen molar-refractivity contribution in [1.82, 2.24) is 0 Å². The number of phenolic OH excluding ortho intramolecular Hbond substituents is 1. The molecule has 1 aliphatic carbocycles. The molecule has 0 amide bonds. The molecule has 1 aliphatic rings. The zero-order chi connectivity index (χ0) is 14.9. The normalized spacial score (nSPS) is 16.3. The lowest BCUT2D eigenvalue weighted by molar-refractivity contribution is 0.0690. The average molecular weight is 278 g/mol. The van der Waals surface area contributed by atoms with Crippen LogP contribution in [0.2, 0.25) is 0 Å². The molecule has 110 valence electrons. The van der Waals surface area contributed by atoms with Gasteiger partial charge in [-0.1, -0.05) is 26.2 Å². The largest absolute Gasteiger partial charge is 0.504 e. The molecular formula is C16H22O4. The smallest absolute Gasteiger partial charge is 0.339 e. The highest BCUT2D eigenvalue weighted by Gasteiger charge is 2.29. The number of carboxylic acid groups (broad SMARTS) is 1. The molecule has 1 fully saturated rings. The van der Waals surface area contributed by atoms with Crippen molar-refractivity contribution in [2.75, 3.05) is 0 Å². The second kappa shape index (κ2) is 5.73. The molecule has 1 aromatic carbocycles. The highest BCUT2D eigenvalue weighted by molar-refractivity contribution is 5.95. The van der Waals surface area contributed by atoms with Gasteiger partial charge in [-0.15, -0.1) is 0 Å². The van der Waals surface area contributed by atoms with Crippen LogP contribution in [-0.4, -0.2) is 21.3 Å². The Morgan fingerprint density at radius 1 is 1.15 bits per heavy atom. The van der Waals surface area contributed by atoms with Crippen LogP contribution in [0, 0.1) is 6.92 Å². The van der Waals surface area contributed by atoms with E-state index in [-0.39, 0.29) is 17.2 Å². The number of aromatic carboxylic acids is 1. The second-order valence-electron chi connectivity index (χ2n) is 5.58. The van der Waals surface area contributed by atoms with E-state index in [1.54, 1.807) is 0 Å². The number of carbonyl (C=O) groups is 1. The Bertz CT molecular complexity index is 528. The summed E-state index contributed by atoms with van der Waals surface area (Å²) in [5, 5.41) is 29.5. The van der Waals surface area contributed by atoms with Crippen molar-refractivity contribution in [3.63, 3.8) is 0 Å². The first-order chi connectivity index (χ1) is 9.49. The lowest BCUT2D eigenvalue weighted by atomic mass is 9.78. The van der Waals surface area contributed by atoms with E-state index in [9.17, 15) is 20.1 Å². The van der Waals surface area contributed by atoms with Crippen molar-refractivity contribution in [1.29, 1.82) is 0 Å². The Labute approximate surface area is 119 Å². The summed E-state index contributed by atoms with van der Waals surface area (Å²) in [5.74, 6) is -1.74. The molecule has 0 unspecified atom stereocenters. The number of carboxylic acids is 1. The summed E-state index contributed by atoms with van der Waals surface area (Å²) >= 11 is 0. The molecule has 0 spiro atoms. The standard InChI is InChI=1S/C16H22O4/c1-3-11-9(2)12(10-7-5-4-6-8-10)13(16(19)20)15(18)14(11)17/h10,17-18H,3-8H2,1-2H3,(H,19,20). The van der Waals surface area contributed by atoms with E-state index in [1.807, 2.05) is 13.8 Å². The molecule has 0 aliphatic heterocycles. The number of rotatable bonds is 3. The molecule has 4 heteroatoms. The van der Waals surface area contributed by atoms with Gasteiger partial charge in [0, 0.05) is 5.56 Å². The van der Waals surface area contributed by atoms with Crippen molar-refractivity contribution in [3.8, 4) is 11.5 Å². The van der Waals surface area contributed by atoms with Crippen LogP contribution >= 0.6 is 0 Å². The van der Waals surface area contributed by atoms with Crippen LogP contribution in [0.4, 0.5) is 0 Å². The van der Waals surface area contributed by atoms with Crippen molar-refractivity contribution in [2.45, 2.75) is 58.3 Å². The third kappa shape index (κ3) is 2.35. The molecule has 1 aromatic rings. The van der Waals surface area contributed by atoms with E-state index in [0.29, 0.717) is 12.0 Å². The summed E-state index contributed by atoms with van der Waals surface area (Å²) in [6, 6.07) is 0. The summed E-state index contributed by atoms with van der Waals surface area (Å²) in [7, 11) is 0. The molecule has 2 rings (SSSR count). The zero-order valence-electron chi connectivity index (χ0n) is 12.1. The maximum absolute atomic E-state index is 11.5. The summed E-state index contributed by atoms with van der Waals surface area (Å²) in [4.78, 5) is 11.5. The Hall–Kier alpha value is -1.71. The highest BCUT2D eigenvalue weighted by Crippen LogP contribution is 2.45. The van der Waals surface area contributed by atoms with Gasteiger partial charge in [0.25, 0.3) is 0 Å². The number of benzene rings is 1. The predicted molar refractivity (Wildman–Crippen MR) is 76.7 cm³/mol. The fraction of sp³-hybridized carbons (Fsp3) is 0.562. The molecule has 0 bridgehead atoms. The zero-order valence-corrected chi connectivity index (χ0v) is 12.1. The molecule has 20 heavy (non-hydrogen) atoms. The van der Waals surface area contributed by atoms with E-state index >= 15 is 0 Å². The molecular weight excluding hydrogens is 256 g/mol. The van der Waals surface area contributed by atoms with Crippen molar-refractivity contribution < 1.29 is 20.1 Å². The van der Waals surface area contributed by atoms with Crippen LogP contribution in [0.1, 0.15) is 72.0 Å². The molecule has 4 nitrogen and oxygen atoms in total. The van der Waals surface area contributed by atoms with Gasteiger partial charge in [0.15, 0.2) is 11.5 Å². The van der Waals surface area contributed by atoms with E-state index < -0.39 is 11.7 Å². The Morgan fingerprint density at radius 2 is 1.75 bits per heavy atom. The molecule has 1 saturated carbocycles. The summed E-state index contributed by atoms with van der Waals surface area (Å²) in [6.45, 7) is 3.75. The van der Waals surface area contributed by atoms with Crippen LogP contribution in [0.25, 0.3) is 0 Å². The van der Waals surface area contributed by atoms with Gasteiger partial charge in [-0.3, -0.25) is 0 Å². The Balaban J connectivity index is 2.68. The van der Waals surface area contributed by atoms with Crippen molar-refractivity contribution >= 4 is 5.97 Å². The van der Waals surface area contributed by atoms with E-state index in [0.717, 1.165) is 36.8 Å². The summed E-state index contributed by atoms with van der Waals surface area (Å²) in [5.41, 5.74) is 2.11. The fourth-order valence-electron chi connectivity index (χ4n) is 3.47. The number of hydrogen-bond donors (Lipinski definition) is 3. The topological polar surface area (TPSA) is 77.8 Å². The molecule has 0 atom stereocenters. The Morgan fingerprint density at radius 3 is 2.25 bits per heavy atom. The minimum absolute atomic E-state index is 0.107. The molecule has 0 saturated heterocycles. The van der Waals surface area contributed by atoms with Crippen LogP contribution < -0.4 is 0 Å². The minimum Gasteiger partial charge on any atom is -0.504 e. The fourth-order valence-corrected chi connectivity index (χ4v) is 3.47. The van der Waals surface area contributed by atoms with Gasteiger partial charge >= 0.3 is 5.97 Å². The van der Waals surface area contributed by atoms with Gasteiger partial charge in [-0.2, -0.15) is 0 Å². The molecule has 0 aromatic heterocycles. The maximum Gasteiger partial charge on any atom is 0.339 e. The third-order valence-corrected chi connectivity index (χ3v) is 4.45. The average Bonchev–Trinajstić information content (AvgIpc) is 2.43. The van der Waals surface area contributed by atoms with Crippen LogP contribution in [0.5, 0.6) is 11.5 Å². The second-order valence-corrected chi connectivity index (χ2v) is 5.58. The van der Waals surface area contributed by atoms with Gasteiger partial charge in [0.2, 0.25) is 0 Å². The third-order valence-electron chi connectivity index (χ3n) is 4.45. The number of phenols is 2. The highest BCUT2D eigenvalue weighted by atomic mass is 16.4. The van der Waals surface area contributed by atoms with Gasteiger partial charge in [0.1, 0.15) is 5.56 Å². The lowest BCUT2D eigenvalue weighted by Crippen LogP contribution is -2.14. The first-order valence-corrected chi connectivity index (χ1v) is 7.29. The summed E-state index contributed by atoms with van der Waals surface area (Å²) in [6.07, 6.45) is 5.84. The number of hydrogen-bond acceptors (Lipinski definition) is 3. The van der Waals surface area contributed by atoms with E-state index in [1.165, 1.54) is 6.42 Å². The maximum atomic E-state index is 11.5. The molecule has 0 radical (unpaired) electrons. The monoisotopic (exact) mass is 278 g/mol. The van der Waals surface area contributed by atoms with Gasteiger partial charge in [0.05, 0.1) is 0 Å². The molecule has 3 N–H and O–H groups in total. The Kier molecular flexibility index (Phi) is 4.21. The van der Waals surface area contributed by atoms with E-state index in [4.69, 9.17) is 0 Å². The SMILES string of the molecule is CCc1c(C)c(C2CCCCC2)c(C(=O)O)c(O)c1O. The first-order valence-electron chi connectivity index (χ1n) is 7.29. The van der Waals surface area contributed by atoms with E-state index in [2.05, 4.69) is 0 Å². The van der Waals surface area contributed by atoms with Gasteiger partial charge < -0.3 is 15.3 Å². The van der Waals surface area contributed by atoms with Crippen molar-refractivity contribution in [3.05, 3.63) is 22.3 Å². The minimum atomic E-state index is -1.16.